The first kappa shape index (κ1) is 20.3. The molecule has 0 fully saturated rings. The van der Waals surface area contributed by atoms with E-state index < -0.39 is 10.9 Å². The predicted molar refractivity (Wildman–Crippen MR) is 104 cm³/mol. The van der Waals surface area contributed by atoms with Gasteiger partial charge in [-0.3, -0.25) is 0 Å². The van der Waals surface area contributed by atoms with Gasteiger partial charge in [-0.15, -0.1) is 23.5 Å². The van der Waals surface area contributed by atoms with E-state index in [0.29, 0.717) is 24.7 Å². The van der Waals surface area contributed by atoms with Crippen molar-refractivity contribution in [2.24, 2.45) is 0 Å². The molecule has 0 heterocycles. The van der Waals surface area contributed by atoms with Gasteiger partial charge in [0.2, 0.25) is 0 Å². The highest BCUT2D eigenvalue weighted by atomic mass is 32.2. The van der Waals surface area contributed by atoms with Crippen molar-refractivity contribution in [1.82, 2.24) is 0 Å². The lowest BCUT2D eigenvalue weighted by atomic mass is 10.2. The number of hydrogen-bond acceptors (Lipinski definition) is 6. The van der Waals surface area contributed by atoms with Gasteiger partial charge >= 0.3 is 0 Å². The Balaban J connectivity index is 1.43. The number of hydrogen-bond donors (Lipinski definition) is 2. The zero-order chi connectivity index (χ0) is 17.7. The Morgan fingerprint density at radius 3 is 1.48 bits per heavy atom. The average molecular weight is 381 g/mol. The Kier molecular flexibility index (Phi) is 10.0. The highest BCUT2D eigenvalue weighted by Gasteiger charge is 2.07. The summed E-state index contributed by atoms with van der Waals surface area (Å²) in [7, 11) is 0. The first-order valence-corrected chi connectivity index (χ1v) is 10.2. The average Bonchev–Trinajstić information content (AvgIpc) is 2.67. The van der Waals surface area contributed by atoms with E-state index in [1.54, 1.807) is 0 Å². The normalized spacial score (nSPS) is 13.5. The summed E-state index contributed by atoms with van der Waals surface area (Å²) in [6.45, 7) is 1.27. The van der Waals surface area contributed by atoms with E-state index in [2.05, 4.69) is 0 Å². The lowest BCUT2D eigenvalue weighted by molar-refractivity contribution is -0.0427. The molecule has 2 aromatic carbocycles. The molecule has 0 bridgehead atoms. The van der Waals surface area contributed by atoms with Crippen LogP contribution in [0, 0.1) is 0 Å². The fourth-order valence-electron chi connectivity index (χ4n) is 2.04. The summed E-state index contributed by atoms with van der Waals surface area (Å²) in [5.74, 6) is 1.39. The summed E-state index contributed by atoms with van der Waals surface area (Å²) < 4.78 is 10.8. The van der Waals surface area contributed by atoms with Crippen molar-refractivity contribution < 1.29 is 19.7 Å². The van der Waals surface area contributed by atoms with Crippen LogP contribution in [-0.2, 0) is 9.47 Å². The molecule has 0 radical (unpaired) electrons. The summed E-state index contributed by atoms with van der Waals surface area (Å²) in [6, 6.07) is 19.1. The quantitative estimate of drug-likeness (QED) is 0.431. The van der Waals surface area contributed by atoms with Gasteiger partial charge in [0.05, 0.1) is 13.2 Å². The van der Waals surface area contributed by atoms with Gasteiger partial charge in [0.1, 0.15) is 17.7 Å². The molecule has 2 unspecified atom stereocenters. The van der Waals surface area contributed by atoms with Crippen molar-refractivity contribution in [3.8, 4) is 0 Å². The van der Waals surface area contributed by atoms with Crippen LogP contribution < -0.4 is 0 Å². The van der Waals surface area contributed by atoms with Crippen LogP contribution in [0.25, 0.3) is 0 Å². The second-order valence-electron chi connectivity index (χ2n) is 5.20. The van der Waals surface area contributed by atoms with Crippen LogP contribution in [0.15, 0.2) is 60.7 Å². The van der Waals surface area contributed by atoms with Crippen LogP contribution >= 0.6 is 23.5 Å². The molecule has 2 rings (SSSR count). The van der Waals surface area contributed by atoms with Crippen molar-refractivity contribution >= 4 is 23.5 Å². The summed E-state index contributed by atoms with van der Waals surface area (Å²) >= 11 is 2.87. The highest BCUT2D eigenvalue weighted by molar-refractivity contribution is 7.99. The lowest BCUT2D eigenvalue weighted by Crippen LogP contribution is -2.07. The lowest BCUT2D eigenvalue weighted by Gasteiger charge is -2.12. The molecule has 0 saturated heterocycles. The van der Waals surface area contributed by atoms with E-state index in [4.69, 9.17) is 9.47 Å². The van der Waals surface area contributed by atoms with Crippen molar-refractivity contribution in [3.63, 3.8) is 0 Å². The van der Waals surface area contributed by atoms with Crippen LogP contribution in [-0.4, -0.2) is 41.7 Å². The smallest absolute Gasteiger partial charge is 0.146 e. The first-order valence-electron chi connectivity index (χ1n) is 8.12. The number of benzene rings is 2. The van der Waals surface area contributed by atoms with Gasteiger partial charge < -0.3 is 19.7 Å². The van der Waals surface area contributed by atoms with Crippen LogP contribution in [0.5, 0.6) is 0 Å². The van der Waals surface area contributed by atoms with E-state index in [-0.39, 0.29) is 6.79 Å². The minimum Gasteiger partial charge on any atom is -0.378 e. The fraction of sp³-hybridized carbons (Fsp3) is 0.368. The molecule has 0 aliphatic carbocycles. The van der Waals surface area contributed by atoms with Crippen LogP contribution in [0.3, 0.4) is 0 Å². The molecule has 25 heavy (non-hydrogen) atoms. The van der Waals surface area contributed by atoms with Crippen molar-refractivity contribution in [1.29, 1.82) is 0 Å². The molecule has 0 aromatic heterocycles. The molecule has 0 aliphatic heterocycles. The molecule has 136 valence electrons. The molecule has 0 amide bonds. The van der Waals surface area contributed by atoms with Gasteiger partial charge in [0, 0.05) is 11.5 Å². The summed E-state index contributed by atoms with van der Waals surface area (Å²) in [6.07, 6.45) is 0. The van der Waals surface area contributed by atoms with Crippen LogP contribution in [0.2, 0.25) is 0 Å². The zero-order valence-electron chi connectivity index (χ0n) is 14.0. The molecular weight excluding hydrogens is 356 g/mol. The number of aliphatic hydroxyl groups is 2. The molecule has 0 saturated carbocycles. The minimum atomic E-state index is -0.526. The van der Waals surface area contributed by atoms with E-state index >= 15 is 0 Å². The van der Waals surface area contributed by atoms with Crippen LogP contribution in [0.4, 0.5) is 0 Å². The van der Waals surface area contributed by atoms with Gasteiger partial charge in [-0.2, -0.15) is 0 Å². The third-order valence-electron chi connectivity index (χ3n) is 3.34. The van der Waals surface area contributed by atoms with E-state index in [1.165, 1.54) is 23.5 Å². The second-order valence-corrected chi connectivity index (χ2v) is 7.58. The van der Waals surface area contributed by atoms with E-state index in [1.807, 2.05) is 60.7 Å². The van der Waals surface area contributed by atoms with Gasteiger partial charge in [0.15, 0.2) is 0 Å². The Hall–Kier alpha value is -1.02. The monoisotopic (exact) mass is 380 g/mol. The second kappa shape index (κ2) is 12.4. The Bertz CT molecular complexity index is 517. The number of aliphatic hydroxyl groups excluding tert-OH is 2. The molecule has 0 spiro atoms. The largest absolute Gasteiger partial charge is 0.378 e. The molecule has 2 aromatic rings. The Labute approximate surface area is 157 Å². The first-order chi connectivity index (χ1) is 12.3. The molecule has 2 atom stereocenters. The van der Waals surface area contributed by atoms with Crippen molar-refractivity contribution in [2.75, 3.05) is 31.5 Å². The highest BCUT2D eigenvalue weighted by Crippen LogP contribution is 2.25. The van der Waals surface area contributed by atoms with Gasteiger partial charge in [0.25, 0.3) is 0 Å². The topological polar surface area (TPSA) is 58.9 Å². The standard InChI is InChI=1S/C19H24O4S2/c20-18(16-7-3-1-4-8-16)24-13-11-22-15-23-12-14-25-19(21)17-9-5-2-6-10-17/h1-10,18-21H,11-15H2. The number of thioether (sulfide) groups is 2. The van der Waals surface area contributed by atoms with E-state index in [9.17, 15) is 10.2 Å². The van der Waals surface area contributed by atoms with Crippen molar-refractivity contribution in [2.45, 2.75) is 10.9 Å². The van der Waals surface area contributed by atoms with Gasteiger partial charge in [-0.25, -0.2) is 0 Å². The zero-order valence-corrected chi connectivity index (χ0v) is 15.6. The summed E-state index contributed by atoms with van der Waals surface area (Å²) in [5, 5.41) is 20.0. The Morgan fingerprint density at radius 2 is 1.08 bits per heavy atom. The summed E-state index contributed by atoms with van der Waals surface area (Å²) in [5.41, 5.74) is 0.749. The molecule has 4 nitrogen and oxygen atoms in total. The van der Waals surface area contributed by atoms with Gasteiger partial charge in [-0.1, -0.05) is 60.7 Å². The van der Waals surface area contributed by atoms with Gasteiger partial charge in [-0.05, 0) is 11.1 Å². The van der Waals surface area contributed by atoms with Crippen molar-refractivity contribution in [3.05, 3.63) is 71.8 Å². The van der Waals surface area contributed by atoms with Crippen LogP contribution in [0.1, 0.15) is 22.0 Å². The fourth-order valence-corrected chi connectivity index (χ4v) is 3.62. The number of rotatable bonds is 12. The van der Waals surface area contributed by atoms with E-state index in [0.717, 1.165) is 11.1 Å². The minimum absolute atomic E-state index is 0.226. The third kappa shape index (κ3) is 8.27. The predicted octanol–water partition coefficient (Wildman–Crippen LogP) is 3.83. The molecule has 6 heteroatoms. The Morgan fingerprint density at radius 1 is 0.680 bits per heavy atom. The maximum absolute atomic E-state index is 9.99. The number of ether oxygens (including phenoxy) is 2. The molecule has 0 aliphatic rings. The SMILES string of the molecule is OC(SCCOCOCCSC(O)c1ccccc1)c1ccccc1. The maximum Gasteiger partial charge on any atom is 0.146 e. The molecule has 2 N–H and O–H groups in total. The maximum atomic E-state index is 9.99. The third-order valence-corrected chi connectivity index (χ3v) is 5.32. The summed E-state index contributed by atoms with van der Waals surface area (Å²) in [4.78, 5) is 0. The molecular formula is C19H24O4S2.